The van der Waals surface area contributed by atoms with Crippen molar-refractivity contribution in [2.75, 3.05) is 20.2 Å². The molecule has 0 bridgehead atoms. The van der Waals surface area contributed by atoms with Gasteiger partial charge in [0.15, 0.2) is 0 Å². The zero-order valence-corrected chi connectivity index (χ0v) is 9.55. The maximum absolute atomic E-state index is 5.55. The van der Waals surface area contributed by atoms with Crippen LogP contribution in [0.25, 0.3) is 0 Å². The topological polar surface area (TPSA) is 21.3 Å². The molecule has 2 rings (SSSR count). The van der Waals surface area contributed by atoms with Crippen molar-refractivity contribution in [2.24, 2.45) is 0 Å². The molecule has 2 heteroatoms. The summed E-state index contributed by atoms with van der Waals surface area (Å²) in [6.07, 6.45) is 2.26. The van der Waals surface area contributed by atoms with Gasteiger partial charge in [-0.15, -0.1) is 0 Å². The smallest absolute Gasteiger partial charge is 0.125 e. The number of ether oxygens (including phenoxy) is 1. The molecule has 0 amide bonds. The minimum Gasteiger partial charge on any atom is -0.496 e. The van der Waals surface area contributed by atoms with Crippen LogP contribution in [-0.4, -0.2) is 20.2 Å². The van der Waals surface area contributed by atoms with E-state index in [0.29, 0.717) is 5.92 Å². The molecule has 15 heavy (non-hydrogen) atoms. The minimum atomic E-state index is 0.631. The predicted molar refractivity (Wildman–Crippen MR) is 62.6 cm³/mol. The average molecular weight is 205 g/mol. The van der Waals surface area contributed by atoms with Crippen LogP contribution in [0.4, 0.5) is 0 Å². The quantitative estimate of drug-likeness (QED) is 0.817. The van der Waals surface area contributed by atoms with Crippen LogP contribution in [0, 0.1) is 0 Å². The second kappa shape index (κ2) is 4.67. The highest BCUT2D eigenvalue weighted by Crippen LogP contribution is 2.33. The molecule has 1 atom stereocenters. The molecular weight excluding hydrogens is 186 g/mol. The van der Waals surface area contributed by atoms with Gasteiger partial charge in [-0.05, 0) is 30.5 Å². The average Bonchev–Trinajstić information content (AvgIpc) is 2.81. The highest BCUT2D eigenvalue weighted by molar-refractivity contribution is 5.44. The lowest BCUT2D eigenvalue weighted by molar-refractivity contribution is 0.401. The van der Waals surface area contributed by atoms with Gasteiger partial charge in [0, 0.05) is 12.5 Å². The summed E-state index contributed by atoms with van der Waals surface area (Å²) in [5, 5.41) is 3.40. The molecule has 0 saturated carbocycles. The van der Waals surface area contributed by atoms with Crippen molar-refractivity contribution in [3.63, 3.8) is 0 Å². The van der Waals surface area contributed by atoms with Crippen LogP contribution in [0.5, 0.6) is 5.75 Å². The minimum absolute atomic E-state index is 0.631. The van der Waals surface area contributed by atoms with E-state index in [2.05, 4.69) is 30.4 Å². The SMILES string of the molecule is CCc1cccc(C2CCNC2)c1OC. The molecule has 0 spiro atoms. The number of aryl methyl sites for hydroxylation is 1. The maximum Gasteiger partial charge on any atom is 0.125 e. The standard InChI is InChI=1S/C13H19NO/c1-3-10-5-4-6-12(13(10)15-2)11-7-8-14-9-11/h4-6,11,14H,3,7-9H2,1-2H3. The van der Waals surface area contributed by atoms with Gasteiger partial charge in [0.05, 0.1) is 7.11 Å². The zero-order chi connectivity index (χ0) is 10.7. The third-order valence-electron chi connectivity index (χ3n) is 3.21. The number of benzene rings is 1. The van der Waals surface area contributed by atoms with Gasteiger partial charge >= 0.3 is 0 Å². The summed E-state index contributed by atoms with van der Waals surface area (Å²) in [7, 11) is 1.78. The van der Waals surface area contributed by atoms with E-state index in [1.807, 2.05) is 0 Å². The van der Waals surface area contributed by atoms with E-state index < -0.39 is 0 Å². The second-order valence-corrected chi connectivity index (χ2v) is 4.08. The number of rotatable bonds is 3. The van der Waals surface area contributed by atoms with Crippen LogP contribution in [0.2, 0.25) is 0 Å². The molecule has 1 aliphatic heterocycles. The molecule has 1 aromatic rings. The Hall–Kier alpha value is -1.02. The zero-order valence-electron chi connectivity index (χ0n) is 9.55. The van der Waals surface area contributed by atoms with Gasteiger partial charge < -0.3 is 10.1 Å². The van der Waals surface area contributed by atoms with E-state index in [-0.39, 0.29) is 0 Å². The number of nitrogens with one attached hydrogen (secondary N) is 1. The van der Waals surface area contributed by atoms with E-state index >= 15 is 0 Å². The number of para-hydroxylation sites is 1. The van der Waals surface area contributed by atoms with Crippen LogP contribution >= 0.6 is 0 Å². The van der Waals surface area contributed by atoms with Gasteiger partial charge in [-0.2, -0.15) is 0 Å². The van der Waals surface area contributed by atoms with Gasteiger partial charge in [0.2, 0.25) is 0 Å². The summed E-state index contributed by atoms with van der Waals surface area (Å²) in [5.74, 6) is 1.74. The van der Waals surface area contributed by atoms with Crippen molar-refractivity contribution in [2.45, 2.75) is 25.7 Å². The van der Waals surface area contributed by atoms with E-state index in [1.165, 1.54) is 17.5 Å². The normalized spacial score (nSPS) is 20.5. The monoisotopic (exact) mass is 205 g/mol. The summed E-state index contributed by atoms with van der Waals surface area (Å²) in [4.78, 5) is 0. The second-order valence-electron chi connectivity index (χ2n) is 4.08. The lowest BCUT2D eigenvalue weighted by Gasteiger charge is -2.16. The summed E-state index contributed by atoms with van der Waals surface area (Å²) < 4.78 is 5.55. The third-order valence-corrected chi connectivity index (χ3v) is 3.21. The van der Waals surface area contributed by atoms with Gasteiger partial charge in [0.1, 0.15) is 5.75 Å². The predicted octanol–water partition coefficient (Wildman–Crippen LogP) is 2.33. The van der Waals surface area contributed by atoms with Gasteiger partial charge in [0.25, 0.3) is 0 Å². The first-order valence-electron chi connectivity index (χ1n) is 5.73. The fourth-order valence-corrected chi connectivity index (χ4v) is 2.37. The molecule has 0 radical (unpaired) electrons. The molecule has 1 N–H and O–H groups in total. The fourth-order valence-electron chi connectivity index (χ4n) is 2.37. The summed E-state index contributed by atoms with van der Waals surface area (Å²) in [5.41, 5.74) is 2.70. The Labute approximate surface area is 91.6 Å². The van der Waals surface area contributed by atoms with Crippen molar-refractivity contribution in [1.82, 2.24) is 5.32 Å². The fraction of sp³-hybridized carbons (Fsp3) is 0.538. The Morgan fingerprint density at radius 2 is 2.33 bits per heavy atom. The first-order valence-corrected chi connectivity index (χ1v) is 5.73. The molecule has 2 nitrogen and oxygen atoms in total. The molecule has 1 fully saturated rings. The third kappa shape index (κ3) is 2.00. The maximum atomic E-state index is 5.55. The van der Waals surface area contributed by atoms with Crippen molar-refractivity contribution < 1.29 is 4.74 Å². The van der Waals surface area contributed by atoms with E-state index in [1.54, 1.807) is 7.11 Å². The molecule has 0 aromatic heterocycles. The highest BCUT2D eigenvalue weighted by Gasteiger charge is 2.21. The Morgan fingerprint density at radius 3 is 2.93 bits per heavy atom. The summed E-state index contributed by atoms with van der Waals surface area (Å²) in [6.45, 7) is 4.39. The van der Waals surface area contributed by atoms with Gasteiger partial charge in [-0.25, -0.2) is 0 Å². The van der Waals surface area contributed by atoms with Crippen LogP contribution in [0.1, 0.15) is 30.4 Å². The van der Waals surface area contributed by atoms with Crippen LogP contribution in [0.15, 0.2) is 18.2 Å². The molecule has 1 aromatic carbocycles. The van der Waals surface area contributed by atoms with E-state index in [9.17, 15) is 0 Å². The van der Waals surface area contributed by atoms with Crippen molar-refractivity contribution in [3.05, 3.63) is 29.3 Å². The first-order chi connectivity index (χ1) is 7.36. The number of methoxy groups -OCH3 is 1. The highest BCUT2D eigenvalue weighted by atomic mass is 16.5. The van der Waals surface area contributed by atoms with Crippen molar-refractivity contribution in [3.8, 4) is 5.75 Å². The first kappa shape index (κ1) is 10.5. The Kier molecular flexibility index (Phi) is 3.27. The van der Waals surface area contributed by atoms with Gasteiger partial charge in [-0.3, -0.25) is 0 Å². The number of hydrogen-bond acceptors (Lipinski definition) is 2. The molecule has 0 aliphatic carbocycles. The molecule has 1 unspecified atom stereocenters. The molecule has 1 aliphatic rings. The largest absolute Gasteiger partial charge is 0.496 e. The summed E-state index contributed by atoms with van der Waals surface area (Å²) >= 11 is 0. The van der Waals surface area contributed by atoms with E-state index in [0.717, 1.165) is 25.3 Å². The Bertz CT molecular complexity index is 329. The van der Waals surface area contributed by atoms with Crippen molar-refractivity contribution >= 4 is 0 Å². The van der Waals surface area contributed by atoms with Crippen LogP contribution < -0.4 is 10.1 Å². The summed E-state index contributed by atoms with van der Waals surface area (Å²) in [6, 6.07) is 6.51. The van der Waals surface area contributed by atoms with Crippen LogP contribution in [-0.2, 0) is 6.42 Å². The lowest BCUT2D eigenvalue weighted by Crippen LogP contribution is -2.09. The van der Waals surface area contributed by atoms with Crippen molar-refractivity contribution in [1.29, 1.82) is 0 Å². The molecule has 82 valence electrons. The van der Waals surface area contributed by atoms with E-state index in [4.69, 9.17) is 4.74 Å². The Balaban J connectivity index is 2.36. The Morgan fingerprint density at radius 1 is 1.47 bits per heavy atom. The lowest BCUT2D eigenvalue weighted by atomic mass is 9.94. The molecular formula is C13H19NO. The number of hydrogen-bond donors (Lipinski definition) is 1. The van der Waals surface area contributed by atoms with Gasteiger partial charge in [-0.1, -0.05) is 25.1 Å². The van der Waals surface area contributed by atoms with Crippen LogP contribution in [0.3, 0.4) is 0 Å². The molecule has 1 saturated heterocycles. The molecule has 1 heterocycles.